The minimum absolute atomic E-state index is 0.121. The second kappa shape index (κ2) is 4.53. The van der Waals surface area contributed by atoms with E-state index >= 15 is 0 Å². The predicted octanol–water partition coefficient (Wildman–Crippen LogP) is 1.68. The summed E-state index contributed by atoms with van der Waals surface area (Å²) in [6.07, 6.45) is 5.59. The number of aromatic carboxylic acids is 1. The molecule has 1 aromatic rings. The van der Waals surface area contributed by atoms with Crippen LogP contribution in [0.2, 0.25) is 0 Å². The molecular formula is C14H13NO3. The van der Waals surface area contributed by atoms with Crippen molar-refractivity contribution in [3.63, 3.8) is 0 Å². The third kappa shape index (κ3) is 2.07. The standard InChI is InChI=1S/C14H13NO3/c1-3-10-7-13(16)15(8-10)12-5-4-9(2)6-11(12)14(17)18/h1,4-6,10H,7-8H2,2H3,(H,17,18). The molecule has 1 saturated heterocycles. The molecule has 1 aromatic carbocycles. The van der Waals surface area contributed by atoms with Crippen LogP contribution in [-0.4, -0.2) is 23.5 Å². The lowest BCUT2D eigenvalue weighted by atomic mass is 10.1. The summed E-state index contributed by atoms with van der Waals surface area (Å²) in [5, 5.41) is 9.18. The van der Waals surface area contributed by atoms with E-state index in [1.165, 1.54) is 4.90 Å². The Morgan fingerprint density at radius 1 is 1.56 bits per heavy atom. The number of carboxylic acids is 1. The second-order valence-electron chi connectivity index (χ2n) is 4.40. The average Bonchev–Trinajstić information content (AvgIpc) is 2.70. The highest BCUT2D eigenvalue weighted by Crippen LogP contribution is 2.28. The van der Waals surface area contributed by atoms with Crippen LogP contribution < -0.4 is 4.90 Å². The van der Waals surface area contributed by atoms with Crippen molar-refractivity contribution in [1.29, 1.82) is 0 Å². The second-order valence-corrected chi connectivity index (χ2v) is 4.40. The molecule has 18 heavy (non-hydrogen) atoms. The largest absolute Gasteiger partial charge is 0.478 e. The molecule has 4 heteroatoms. The molecule has 1 heterocycles. The molecule has 0 spiro atoms. The van der Waals surface area contributed by atoms with Gasteiger partial charge in [0.15, 0.2) is 0 Å². The summed E-state index contributed by atoms with van der Waals surface area (Å²) in [6, 6.07) is 5.02. The van der Waals surface area contributed by atoms with Crippen molar-refractivity contribution in [3.05, 3.63) is 29.3 Å². The first-order valence-electron chi connectivity index (χ1n) is 5.63. The van der Waals surface area contributed by atoms with E-state index < -0.39 is 5.97 Å². The summed E-state index contributed by atoms with van der Waals surface area (Å²) in [6.45, 7) is 2.20. The molecular weight excluding hydrogens is 230 g/mol. The van der Waals surface area contributed by atoms with E-state index in [9.17, 15) is 14.7 Å². The summed E-state index contributed by atoms with van der Waals surface area (Å²) in [5.74, 6) is 1.25. The molecule has 4 nitrogen and oxygen atoms in total. The molecule has 0 aliphatic carbocycles. The highest BCUT2D eigenvalue weighted by molar-refractivity contribution is 6.03. The highest BCUT2D eigenvalue weighted by atomic mass is 16.4. The van der Waals surface area contributed by atoms with Crippen molar-refractivity contribution in [2.45, 2.75) is 13.3 Å². The lowest BCUT2D eigenvalue weighted by molar-refractivity contribution is -0.117. The van der Waals surface area contributed by atoms with Gasteiger partial charge >= 0.3 is 5.97 Å². The molecule has 0 bridgehead atoms. The van der Waals surface area contributed by atoms with E-state index in [4.69, 9.17) is 6.42 Å². The van der Waals surface area contributed by atoms with Crippen LogP contribution in [0.25, 0.3) is 0 Å². The maximum atomic E-state index is 11.8. The van der Waals surface area contributed by atoms with Gasteiger partial charge in [0.05, 0.1) is 11.3 Å². The van der Waals surface area contributed by atoms with E-state index in [-0.39, 0.29) is 23.8 Å². The molecule has 1 unspecified atom stereocenters. The smallest absolute Gasteiger partial charge is 0.337 e. The Hall–Kier alpha value is -2.28. The van der Waals surface area contributed by atoms with Crippen molar-refractivity contribution in [2.75, 3.05) is 11.4 Å². The number of carboxylic acid groups (broad SMARTS) is 1. The number of carbonyl (C=O) groups is 2. The Labute approximate surface area is 105 Å². The van der Waals surface area contributed by atoms with E-state index in [1.54, 1.807) is 18.2 Å². The Bertz CT molecular complexity index is 557. The molecule has 2 rings (SSSR count). The maximum Gasteiger partial charge on any atom is 0.337 e. The van der Waals surface area contributed by atoms with E-state index in [0.29, 0.717) is 12.2 Å². The van der Waals surface area contributed by atoms with Gasteiger partial charge in [0.25, 0.3) is 0 Å². The van der Waals surface area contributed by atoms with Crippen LogP contribution in [-0.2, 0) is 4.79 Å². The molecule has 1 aliphatic heterocycles. The maximum absolute atomic E-state index is 11.8. The average molecular weight is 243 g/mol. The van der Waals surface area contributed by atoms with Crippen molar-refractivity contribution < 1.29 is 14.7 Å². The molecule has 1 aliphatic rings. The quantitative estimate of drug-likeness (QED) is 0.804. The Morgan fingerprint density at radius 3 is 2.83 bits per heavy atom. The number of benzene rings is 1. The number of rotatable bonds is 2. The minimum atomic E-state index is -1.04. The van der Waals surface area contributed by atoms with Gasteiger partial charge in [-0.25, -0.2) is 4.79 Å². The fourth-order valence-corrected chi connectivity index (χ4v) is 2.11. The first-order chi connectivity index (χ1) is 8.52. The van der Waals surface area contributed by atoms with Gasteiger partial charge in [-0.2, -0.15) is 0 Å². The van der Waals surface area contributed by atoms with Crippen LogP contribution in [0.3, 0.4) is 0 Å². The van der Waals surface area contributed by atoms with Gasteiger partial charge in [0, 0.05) is 18.9 Å². The van der Waals surface area contributed by atoms with Crippen molar-refractivity contribution in [2.24, 2.45) is 5.92 Å². The van der Waals surface area contributed by atoms with Gasteiger partial charge < -0.3 is 10.0 Å². The summed E-state index contributed by atoms with van der Waals surface area (Å²) in [4.78, 5) is 24.5. The first kappa shape index (κ1) is 12.2. The van der Waals surface area contributed by atoms with Crippen molar-refractivity contribution >= 4 is 17.6 Å². The van der Waals surface area contributed by atoms with Crippen LogP contribution in [0.15, 0.2) is 18.2 Å². The third-order valence-corrected chi connectivity index (χ3v) is 3.03. The van der Waals surface area contributed by atoms with Crippen LogP contribution in [0.4, 0.5) is 5.69 Å². The zero-order valence-corrected chi connectivity index (χ0v) is 10.0. The lowest BCUT2D eigenvalue weighted by Gasteiger charge is -2.18. The zero-order valence-electron chi connectivity index (χ0n) is 10.0. The molecule has 0 aromatic heterocycles. The van der Waals surface area contributed by atoms with Gasteiger partial charge in [-0.05, 0) is 19.1 Å². The monoisotopic (exact) mass is 243 g/mol. The third-order valence-electron chi connectivity index (χ3n) is 3.03. The van der Waals surface area contributed by atoms with Gasteiger partial charge in [0.1, 0.15) is 0 Å². The van der Waals surface area contributed by atoms with Crippen LogP contribution in [0, 0.1) is 25.2 Å². The van der Waals surface area contributed by atoms with Gasteiger partial charge in [-0.1, -0.05) is 11.6 Å². The van der Waals surface area contributed by atoms with Gasteiger partial charge in [0.2, 0.25) is 5.91 Å². The highest BCUT2D eigenvalue weighted by Gasteiger charge is 2.31. The molecule has 0 radical (unpaired) electrons. The first-order valence-corrected chi connectivity index (χ1v) is 5.63. The van der Waals surface area contributed by atoms with Gasteiger partial charge in [-0.15, -0.1) is 12.3 Å². The number of carbonyl (C=O) groups excluding carboxylic acids is 1. The summed E-state index contributed by atoms with van der Waals surface area (Å²) >= 11 is 0. The minimum Gasteiger partial charge on any atom is -0.478 e. The molecule has 1 atom stereocenters. The topological polar surface area (TPSA) is 57.6 Å². The summed E-state index contributed by atoms with van der Waals surface area (Å²) < 4.78 is 0. The summed E-state index contributed by atoms with van der Waals surface area (Å²) in [7, 11) is 0. The number of hydrogen-bond donors (Lipinski definition) is 1. The Morgan fingerprint density at radius 2 is 2.28 bits per heavy atom. The molecule has 1 N–H and O–H groups in total. The van der Waals surface area contributed by atoms with Crippen LogP contribution in [0.1, 0.15) is 22.3 Å². The zero-order chi connectivity index (χ0) is 13.3. The van der Waals surface area contributed by atoms with E-state index in [2.05, 4.69) is 5.92 Å². The van der Waals surface area contributed by atoms with Crippen molar-refractivity contribution in [1.82, 2.24) is 0 Å². The predicted molar refractivity (Wildman–Crippen MR) is 67.4 cm³/mol. The summed E-state index contributed by atoms with van der Waals surface area (Å²) in [5.41, 5.74) is 1.41. The SMILES string of the molecule is C#CC1CC(=O)N(c2ccc(C)cc2C(=O)O)C1. The van der Waals surface area contributed by atoms with Gasteiger partial charge in [-0.3, -0.25) is 4.79 Å². The lowest BCUT2D eigenvalue weighted by Crippen LogP contribution is -2.26. The number of nitrogens with zero attached hydrogens (tertiary/aromatic N) is 1. The Balaban J connectivity index is 2.43. The van der Waals surface area contributed by atoms with Crippen molar-refractivity contribution in [3.8, 4) is 12.3 Å². The van der Waals surface area contributed by atoms with E-state index in [1.807, 2.05) is 6.92 Å². The normalized spacial score (nSPS) is 18.8. The fraction of sp³-hybridized carbons (Fsp3) is 0.286. The number of amides is 1. The fourth-order valence-electron chi connectivity index (χ4n) is 2.11. The molecule has 1 amide bonds. The molecule has 92 valence electrons. The van der Waals surface area contributed by atoms with Crippen LogP contribution in [0.5, 0.6) is 0 Å². The van der Waals surface area contributed by atoms with Crippen LogP contribution >= 0.6 is 0 Å². The molecule has 1 fully saturated rings. The number of terminal acetylenes is 1. The number of anilines is 1. The Kier molecular flexibility index (Phi) is 3.07. The number of aryl methyl sites for hydroxylation is 1. The van der Waals surface area contributed by atoms with E-state index in [0.717, 1.165) is 5.56 Å². The number of hydrogen-bond acceptors (Lipinski definition) is 2. The molecule has 0 saturated carbocycles.